The summed E-state index contributed by atoms with van der Waals surface area (Å²) in [5.41, 5.74) is 5.83. The summed E-state index contributed by atoms with van der Waals surface area (Å²) in [7, 11) is 0. The van der Waals surface area contributed by atoms with E-state index in [-0.39, 0.29) is 6.61 Å². The van der Waals surface area contributed by atoms with Crippen LogP contribution in [0.1, 0.15) is 18.4 Å². The molecule has 3 heteroatoms. The van der Waals surface area contributed by atoms with Crippen LogP contribution in [0.3, 0.4) is 0 Å². The molecule has 0 saturated heterocycles. The molecule has 16 heavy (non-hydrogen) atoms. The maximum absolute atomic E-state index is 9.16. The summed E-state index contributed by atoms with van der Waals surface area (Å²) in [6.45, 7) is 0.997. The molecule has 1 atom stereocenters. The second kappa shape index (κ2) is 4.65. The van der Waals surface area contributed by atoms with E-state index in [0.717, 1.165) is 12.2 Å². The fourth-order valence-electron chi connectivity index (χ4n) is 1.59. The summed E-state index contributed by atoms with van der Waals surface area (Å²) < 4.78 is 5.52. The third kappa shape index (κ3) is 2.60. The minimum Gasteiger partial charge on any atom is -0.378 e. The predicted octanol–water partition coefficient (Wildman–Crippen LogP) is 1.79. The molecule has 84 valence electrons. The van der Waals surface area contributed by atoms with Crippen molar-refractivity contribution >= 4 is 0 Å². The lowest BCUT2D eigenvalue weighted by molar-refractivity contribution is 0.0940. The Kier molecular flexibility index (Phi) is 3.23. The van der Waals surface area contributed by atoms with E-state index in [2.05, 4.69) is 6.07 Å². The maximum Gasteiger partial charge on any atom is 0.153 e. The average Bonchev–Trinajstić information content (AvgIpc) is 3.14. The van der Waals surface area contributed by atoms with Gasteiger partial charge in [-0.1, -0.05) is 30.3 Å². The topological polar surface area (TPSA) is 59.0 Å². The molecule has 1 unspecified atom stereocenters. The Morgan fingerprint density at radius 1 is 1.38 bits per heavy atom. The molecule has 1 saturated carbocycles. The SMILES string of the molecule is N#CC(N)(COCC1CC1)c1ccccc1. The fourth-order valence-corrected chi connectivity index (χ4v) is 1.59. The van der Waals surface area contributed by atoms with E-state index < -0.39 is 5.54 Å². The Hall–Kier alpha value is -1.37. The van der Waals surface area contributed by atoms with Crippen molar-refractivity contribution in [1.82, 2.24) is 0 Å². The molecule has 1 aliphatic rings. The van der Waals surface area contributed by atoms with Crippen LogP contribution in [0.2, 0.25) is 0 Å². The van der Waals surface area contributed by atoms with Crippen molar-refractivity contribution in [1.29, 1.82) is 5.26 Å². The fraction of sp³-hybridized carbons (Fsp3) is 0.462. The molecule has 0 aromatic heterocycles. The summed E-state index contributed by atoms with van der Waals surface area (Å²) >= 11 is 0. The molecule has 1 aliphatic carbocycles. The Labute approximate surface area is 95.8 Å². The Morgan fingerprint density at radius 3 is 2.62 bits per heavy atom. The van der Waals surface area contributed by atoms with Crippen molar-refractivity contribution in [3.8, 4) is 6.07 Å². The predicted molar refractivity (Wildman–Crippen MR) is 61.5 cm³/mol. The van der Waals surface area contributed by atoms with Gasteiger partial charge in [0.25, 0.3) is 0 Å². The zero-order valence-electron chi connectivity index (χ0n) is 9.23. The molecule has 0 aliphatic heterocycles. The van der Waals surface area contributed by atoms with Crippen LogP contribution in [-0.2, 0) is 10.3 Å². The zero-order valence-corrected chi connectivity index (χ0v) is 9.23. The number of ether oxygens (including phenoxy) is 1. The first-order valence-corrected chi connectivity index (χ1v) is 5.58. The normalized spacial score (nSPS) is 18.8. The summed E-state index contributed by atoms with van der Waals surface area (Å²) in [5, 5.41) is 9.16. The van der Waals surface area contributed by atoms with Crippen LogP contribution in [0.4, 0.5) is 0 Å². The Balaban J connectivity index is 1.98. The molecule has 0 bridgehead atoms. The van der Waals surface area contributed by atoms with E-state index in [1.165, 1.54) is 12.8 Å². The molecule has 2 N–H and O–H groups in total. The molecule has 1 aromatic carbocycles. The Morgan fingerprint density at radius 2 is 2.06 bits per heavy atom. The first kappa shape index (κ1) is 11.1. The van der Waals surface area contributed by atoms with Gasteiger partial charge < -0.3 is 10.5 Å². The summed E-state index contributed by atoms with van der Waals surface area (Å²) in [6, 6.07) is 11.5. The third-order valence-electron chi connectivity index (χ3n) is 2.87. The average molecular weight is 216 g/mol. The number of nitrogens with two attached hydrogens (primary N) is 1. The van der Waals surface area contributed by atoms with Crippen molar-refractivity contribution in [2.45, 2.75) is 18.4 Å². The van der Waals surface area contributed by atoms with Gasteiger partial charge in [0.2, 0.25) is 0 Å². The van der Waals surface area contributed by atoms with Gasteiger partial charge >= 0.3 is 0 Å². The third-order valence-corrected chi connectivity index (χ3v) is 2.87. The van der Waals surface area contributed by atoms with Gasteiger partial charge in [0.1, 0.15) is 0 Å². The molecule has 3 nitrogen and oxygen atoms in total. The van der Waals surface area contributed by atoms with Crippen molar-refractivity contribution < 1.29 is 4.74 Å². The van der Waals surface area contributed by atoms with Gasteiger partial charge in [-0.05, 0) is 24.3 Å². The lowest BCUT2D eigenvalue weighted by Gasteiger charge is -2.21. The summed E-state index contributed by atoms with van der Waals surface area (Å²) in [4.78, 5) is 0. The minimum atomic E-state index is -1.02. The first-order valence-electron chi connectivity index (χ1n) is 5.58. The first-order chi connectivity index (χ1) is 7.74. The lowest BCUT2D eigenvalue weighted by Crippen LogP contribution is -2.40. The van der Waals surface area contributed by atoms with Crippen molar-refractivity contribution in [2.24, 2.45) is 11.7 Å². The maximum atomic E-state index is 9.16. The van der Waals surface area contributed by atoms with E-state index in [1.54, 1.807) is 0 Å². The Bertz CT molecular complexity index is 381. The highest BCUT2D eigenvalue weighted by Gasteiger charge is 2.29. The lowest BCUT2D eigenvalue weighted by atomic mass is 9.94. The highest BCUT2D eigenvalue weighted by Crippen LogP contribution is 2.29. The number of rotatable bonds is 5. The van der Waals surface area contributed by atoms with Crippen LogP contribution in [0.15, 0.2) is 30.3 Å². The zero-order chi connectivity index (χ0) is 11.4. The van der Waals surface area contributed by atoms with Crippen molar-refractivity contribution in [3.63, 3.8) is 0 Å². The quantitative estimate of drug-likeness (QED) is 0.816. The highest BCUT2D eigenvalue weighted by molar-refractivity contribution is 5.30. The monoisotopic (exact) mass is 216 g/mol. The van der Waals surface area contributed by atoms with Gasteiger partial charge in [-0.3, -0.25) is 0 Å². The van der Waals surface area contributed by atoms with Gasteiger partial charge in [-0.2, -0.15) is 5.26 Å². The standard InChI is InChI=1S/C13H16N2O/c14-9-13(15,10-16-8-11-6-7-11)12-4-2-1-3-5-12/h1-5,11H,6-8,10,15H2. The number of nitrogens with zero attached hydrogens (tertiary/aromatic N) is 1. The van der Waals surface area contributed by atoms with E-state index in [0.29, 0.717) is 5.92 Å². The molecule has 0 amide bonds. The van der Waals surface area contributed by atoms with E-state index in [4.69, 9.17) is 15.7 Å². The van der Waals surface area contributed by atoms with E-state index in [9.17, 15) is 0 Å². The van der Waals surface area contributed by atoms with Crippen molar-refractivity contribution in [3.05, 3.63) is 35.9 Å². The summed E-state index contributed by atoms with van der Waals surface area (Å²) in [5.74, 6) is 0.693. The summed E-state index contributed by atoms with van der Waals surface area (Å²) in [6.07, 6.45) is 2.49. The molecule has 0 radical (unpaired) electrons. The molecular formula is C13H16N2O. The largest absolute Gasteiger partial charge is 0.378 e. The number of hydrogen-bond acceptors (Lipinski definition) is 3. The van der Waals surface area contributed by atoms with Crippen LogP contribution in [0.25, 0.3) is 0 Å². The van der Waals surface area contributed by atoms with Gasteiger partial charge in [0, 0.05) is 6.61 Å². The van der Waals surface area contributed by atoms with Crippen LogP contribution in [-0.4, -0.2) is 13.2 Å². The molecular weight excluding hydrogens is 200 g/mol. The number of benzene rings is 1. The second-order valence-corrected chi connectivity index (χ2v) is 4.41. The minimum absolute atomic E-state index is 0.268. The van der Waals surface area contributed by atoms with Crippen LogP contribution < -0.4 is 5.73 Å². The van der Waals surface area contributed by atoms with Gasteiger partial charge in [-0.25, -0.2) is 0 Å². The van der Waals surface area contributed by atoms with Crippen LogP contribution in [0, 0.1) is 17.2 Å². The smallest absolute Gasteiger partial charge is 0.153 e. The van der Waals surface area contributed by atoms with E-state index in [1.807, 2.05) is 30.3 Å². The molecule has 1 aromatic rings. The molecule has 0 heterocycles. The van der Waals surface area contributed by atoms with Crippen LogP contribution in [0.5, 0.6) is 0 Å². The highest BCUT2D eigenvalue weighted by atomic mass is 16.5. The number of nitriles is 1. The molecule has 1 fully saturated rings. The van der Waals surface area contributed by atoms with Gasteiger partial charge in [0.15, 0.2) is 5.54 Å². The van der Waals surface area contributed by atoms with E-state index >= 15 is 0 Å². The number of hydrogen-bond donors (Lipinski definition) is 1. The second-order valence-electron chi connectivity index (χ2n) is 4.41. The van der Waals surface area contributed by atoms with Gasteiger partial charge in [0.05, 0.1) is 12.7 Å². The van der Waals surface area contributed by atoms with Gasteiger partial charge in [-0.15, -0.1) is 0 Å². The van der Waals surface area contributed by atoms with Crippen molar-refractivity contribution in [2.75, 3.05) is 13.2 Å². The molecule has 0 spiro atoms. The van der Waals surface area contributed by atoms with Crippen LogP contribution >= 0.6 is 0 Å². The molecule has 2 rings (SSSR count).